The van der Waals surface area contributed by atoms with Crippen molar-refractivity contribution in [3.63, 3.8) is 0 Å². The Morgan fingerprint density at radius 1 is 1.42 bits per heavy atom. The topological polar surface area (TPSA) is 40.5 Å². The van der Waals surface area contributed by atoms with Gasteiger partial charge in [0.25, 0.3) is 0 Å². The molecule has 66 valence electrons. The van der Waals surface area contributed by atoms with Crippen LogP contribution in [0.2, 0.25) is 0 Å². The highest BCUT2D eigenvalue weighted by molar-refractivity contribution is 5.34. The average molecular weight is 174 g/mol. The van der Waals surface area contributed by atoms with E-state index in [1.807, 2.05) is 0 Å². The molecule has 12 heavy (non-hydrogen) atoms. The summed E-state index contributed by atoms with van der Waals surface area (Å²) in [7, 11) is 0. The average Bonchev–Trinajstić information content (AvgIpc) is 2.08. The summed E-state index contributed by atoms with van der Waals surface area (Å²) in [6.45, 7) is -1.04. The predicted molar refractivity (Wildman–Crippen MR) is 39.0 cm³/mol. The van der Waals surface area contributed by atoms with Gasteiger partial charge in [-0.1, -0.05) is 0 Å². The molecule has 0 aliphatic carbocycles. The van der Waals surface area contributed by atoms with Crippen LogP contribution in [0.5, 0.6) is 5.75 Å². The van der Waals surface area contributed by atoms with Crippen LogP contribution in [0.3, 0.4) is 0 Å². The van der Waals surface area contributed by atoms with Gasteiger partial charge < -0.3 is 10.2 Å². The lowest BCUT2D eigenvalue weighted by Gasteiger charge is -2.07. The molecule has 1 rings (SSSR count). The molecule has 1 unspecified atom stereocenters. The van der Waals surface area contributed by atoms with E-state index < -0.39 is 18.6 Å². The van der Waals surface area contributed by atoms with Crippen LogP contribution in [0, 0.1) is 5.82 Å². The van der Waals surface area contributed by atoms with E-state index in [1.54, 1.807) is 0 Å². The summed E-state index contributed by atoms with van der Waals surface area (Å²) < 4.78 is 24.4. The van der Waals surface area contributed by atoms with Gasteiger partial charge in [0, 0.05) is 5.56 Å². The summed E-state index contributed by atoms with van der Waals surface area (Å²) in [5.41, 5.74) is -0.127. The number of phenolic OH excluding ortho intramolecular Hbond substituents is 1. The van der Waals surface area contributed by atoms with E-state index in [0.29, 0.717) is 0 Å². The van der Waals surface area contributed by atoms with Gasteiger partial charge in [-0.2, -0.15) is 0 Å². The Hall–Kier alpha value is -1.16. The van der Waals surface area contributed by atoms with Gasteiger partial charge in [-0.05, 0) is 18.2 Å². The molecule has 0 saturated heterocycles. The number of benzene rings is 1. The summed E-state index contributed by atoms with van der Waals surface area (Å²) in [6, 6.07) is 3.01. The van der Waals surface area contributed by atoms with Crippen LogP contribution in [-0.4, -0.2) is 16.9 Å². The van der Waals surface area contributed by atoms with Crippen LogP contribution < -0.4 is 0 Å². The van der Waals surface area contributed by atoms with E-state index in [2.05, 4.69) is 0 Å². The summed E-state index contributed by atoms with van der Waals surface area (Å²) in [5.74, 6) is -0.920. The van der Waals surface area contributed by atoms with E-state index in [0.717, 1.165) is 18.2 Å². The summed E-state index contributed by atoms with van der Waals surface area (Å²) in [6.07, 6.45) is -1.46. The first-order valence-corrected chi connectivity index (χ1v) is 3.37. The van der Waals surface area contributed by atoms with Gasteiger partial charge in [-0.15, -0.1) is 0 Å². The van der Waals surface area contributed by atoms with Gasteiger partial charge in [0.15, 0.2) is 0 Å². The first-order chi connectivity index (χ1) is 5.65. The third kappa shape index (κ3) is 1.71. The second kappa shape index (κ2) is 3.49. The SMILES string of the molecule is Oc1ccc(F)cc1C(O)CF. The monoisotopic (exact) mass is 174 g/mol. The highest BCUT2D eigenvalue weighted by atomic mass is 19.1. The van der Waals surface area contributed by atoms with Crippen molar-refractivity contribution >= 4 is 0 Å². The lowest BCUT2D eigenvalue weighted by atomic mass is 10.1. The highest BCUT2D eigenvalue weighted by Crippen LogP contribution is 2.24. The van der Waals surface area contributed by atoms with Crippen LogP contribution in [0.25, 0.3) is 0 Å². The number of phenols is 1. The molecule has 0 spiro atoms. The Morgan fingerprint density at radius 2 is 2.08 bits per heavy atom. The normalized spacial score (nSPS) is 12.9. The van der Waals surface area contributed by atoms with E-state index >= 15 is 0 Å². The first kappa shape index (κ1) is 8.93. The maximum Gasteiger partial charge on any atom is 0.123 e. The number of aromatic hydroxyl groups is 1. The fraction of sp³-hybridized carbons (Fsp3) is 0.250. The van der Waals surface area contributed by atoms with Crippen LogP contribution in [0.1, 0.15) is 11.7 Å². The van der Waals surface area contributed by atoms with Crippen molar-refractivity contribution in [3.05, 3.63) is 29.6 Å². The summed E-state index contributed by atoms with van der Waals surface area (Å²) in [5, 5.41) is 18.0. The maximum absolute atomic E-state index is 12.5. The number of alkyl halides is 1. The molecule has 2 N–H and O–H groups in total. The fourth-order valence-corrected chi connectivity index (χ4v) is 0.875. The summed E-state index contributed by atoms with van der Waals surface area (Å²) >= 11 is 0. The zero-order chi connectivity index (χ0) is 9.14. The standard InChI is InChI=1S/C8H8F2O2/c9-4-8(12)6-3-5(10)1-2-7(6)11/h1-3,8,11-12H,4H2. The Morgan fingerprint density at radius 3 is 2.67 bits per heavy atom. The molecule has 0 radical (unpaired) electrons. The van der Waals surface area contributed by atoms with Gasteiger partial charge in [-0.25, -0.2) is 8.78 Å². The Bertz CT molecular complexity index is 276. The lowest BCUT2D eigenvalue weighted by Crippen LogP contribution is -1.99. The molecular formula is C8H8F2O2. The zero-order valence-corrected chi connectivity index (χ0v) is 6.17. The molecule has 0 aliphatic heterocycles. The van der Waals surface area contributed by atoms with Crippen LogP contribution in [0.15, 0.2) is 18.2 Å². The highest BCUT2D eigenvalue weighted by Gasteiger charge is 2.12. The number of hydrogen-bond acceptors (Lipinski definition) is 2. The van der Waals surface area contributed by atoms with Gasteiger partial charge >= 0.3 is 0 Å². The van der Waals surface area contributed by atoms with Crippen molar-refractivity contribution in [3.8, 4) is 5.75 Å². The fourth-order valence-electron chi connectivity index (χ4n) is 0.875. The Labute approximate surface area is 68.1 Å². The maximum atomic E-state index is 12.5. The molecule has 0 aromatic heterocycles. The molecule has 0 aliphatic rings. The molecule has 0 fully saturated rings. The third-order valence-electron chi connectivity index (χ3n) is 1.49. The molecule has 0 bridgehead atoms. The molecule has 1 aromatic rings. The van der Waals surface area contributed by atoms with Crippen molar-refractivity contribution < 1.29 is 19.0 Å². The molecule has 0 heterocycles. The zero-order valence-electron chi connectivity index (χ0n) is 6.17. The van der Waals surface area contributed by atoms with Gasteiger partial charge in [0.05, 0.1) is 0 Å². The second-order valence-corrected chi connectivity index (χ2v) is 2.37. The minimum atomic E-state index is -1.46. The summed E-state index contributed by atoms with van der Waals surface area (Å²) in [4.78, 5) is 0. The Kier molecular flexibility index (Phi) is 2.60. The lowest BCUT2D eigenvalue weighted by molar-refractivity contribution is 0.138. The molecular weight excluding hydrogens is 166 g/mol. The molecule has 0 amide bonds. The third-order valence-corrected chi connectivity index (χ3v) is 1.49. The van der Waals surface area contributed by atoms with Gasteiger partial charge in [-0.3, -0.25) is 0 Å². The van der Waals surface area contributed by atoms with E-state index in [9.17, 15) is 8.78 Å². The largest absolute Gasteiger partial charge is 0.508 e. The second-order valence-electron chi connectivity index (χ2n) is 2.37. The first-order valence-electron chi connectivity index (χ1n) is 3.37. The minimum Gasteiger partial charge on any atom is -0.508 e. The van der Waals surface area contributed by atoms with E-state index in [4.69, 9.17) is 10.2 Å². The molecule has 1 atom stereocenters. The number of halogens is 2. The van der Waals surface area contributed by atoms with Gasteiger partial charge in [0.1, 0.15) is 24.3 Å². The van der Waals surface area contributed by atoms with Crippen molar-refractivity contribution in [1.82, 2.24) is 0 Å². The van der Waals surface area contributed by atoms with Crippen molar-refractivity contribution in [2.45, 2.75) is 6.10 Å². The molecule has 2 nitrogen and oxygen atoms in total. The van der Waals surface area contributed by atoms with Crippen molar-refractivity contribution in [1.29, 1.82) is 0 Å². The van der Waals surface area contributed by atoms with Crippen LogP contribution in [0.4, 0.5) is 8.78 Å². The number of rotatable bonds is 2. The Balaban J connectivity index is 3.04. The molecule has 4 heteroatoms. The smallest absolute Gasteiger partial charge is 0.123 e. The van der Waals surface area contributed by atoms with Crippen LogP contribution in [-0.2, 0) is 0 Å². The minimum absolute atomic E-state index is 0.127. The quantitative estimate of drug-likeness (QED) is 0.713. The van der Waals surface area contributed by atoms with E-state index in [-0.39, 0.29) is 11.3 Å². The van der Waals surface area contributed by atoms with Crippen molar-refractivity contribution in [2.75, 3.05) is 6.67 Å². The molecule has 1 aromatic carbocycles. The van der Waals surface area contributed by atoms with Gasteiger partial charge in [0.2, 0.25) is 0 Å². The number of aliphatic hydroxyl groups excluding tert-OH is 1. The van der Waals surface area contributed by atoms with Crippen molar-refractivity contribution in [2.24, 2.45) is 0 Å². The molecule has 0 saturated carbocycles. The predicted octanol–water partition coefficient (Wildman–Crippen LogP) is 1.53. The number of aliphatic hydroxyl groups is 1. The number of hydrogen-bond donors (Lipinski definition) is 2. The van der Waals surface area contributed by atoms with Crippen LogP contribution >= 0.6 is 0 Å². The van der Waals surface area contributed by atoms with E-state index in [1.165, 1.54) is 0 Å².